The lowest BCUT2D eigenvalue weighted by atomic mass is 10.1. The van der Waals surface area contributed by atoms with E-state index in [4.69, 9.17) is 14.7 Å². The first-order chi connectivity index (χ1) is 12.3. The molecule has 0 fully saturated rings. The summed E-state index contributed by atoms with van der Waals surface area (Å²) in [6.45, 7) is 1.96. The zero-order chi connectivity index (χ0) is 17.2. The first-order valence-corrected chi connectivity index (χ1v) is 8.10. The zero-order valence-corrected chi connectivity index (χ0v) is 14.1. The second-order valence-electron chi connectivity index (χ2n) is 5.78. The van der Waals surface area contributed by atoms with Crippen molar-refractivity contribution in [1.29, 1.82) is 0 Å². The molecule has 0 saturated heterocycles. The van der Waals surface area contributed by atoms with Gasteiger partial charge < -0.3 is 4.74 Å². The molecule has 4 heteroatoms. The lowest BCUT2D eigenvalue weighted by Crippen LogP contribution is -1.98. The Bertz CT molecular complexity index is 1060. The maximum atomic E-state index is 5.54. The van der Waals surface area contributed by atoms with Gasteiger partial charge in [-0.05, 0) is 37.3 Å². The second-order valence-corrected chi connectivity index (χ2v) is 5.78. The van der Waals surface area contributed by atoms with E-state index in [1.165, 1.54) is 0 Å². The topological polar surface area (TPSA) is 47.9 Å². The number of fused-ring (bicyclic) bond motifs is 1. The van der Waals surface area contributed by atoms with Gasteiger partial charge >= 0.3 is 0 Å². The molecule has 2 heterocycles. The molecule has 0 radical (unpaired) electrons. The third-order valence-electron chi connectivity index (χ3n) is 4.08. The highest BCUT2D eigenvalue weighted by molar-refractivity contribution is 5.94. The van der Waals surface area contributed by atoms with Gasteiger partial charge in [0, 0.05) is 16.6 Å². The summed E-state index contributed by atoms with van der Waals surface area (Å²) in [6.07, 6.45) is 0. The zero-order valence-electron chi connectivity index (χ0n) is 14.1. The molecule has 4 rings (SSSR count). The van der Waals surface area contributed by atoms with Crippen molar-refractivity contribution in [2.24, 2.45) is 0 Å². The van der Waals surface area contributed by atoms with Gasteiger partial charge in [-0.3, -0.25) is 0 Å². The van der Waals surface area contributed by atoms with E-state index in [1.54, 1.807) is 7.11 Å². The van der Waals surface area contributed by atoms with E-state index in [9.17, 15) is 0 Å². The van der Waals surface area contributed by atoms with Gasteiger partial charge in [0.25, 0.3) is 0 Å². The van der Waals surface area contributed by atoms with E-state index < -0.39 is 0 Å². The Morgan fingerprint density at radius 3 is 2.40 bits per heavy atom. The number of aromatic nitrogens is 3. The number of methoxy groups -OCH3 is 1. The highest BCUT2D eigenvalue weighted by Gasteiger charge is 2.14. The molecule has 2 aromatic carbocycles. The Balaban J connectivity index is 2.03. The Labute approximate surface area is 146 Å². The van der Waals surface area contributed by atoms with Crippen molar-refractivity contribution in [2.75, 3.05) is 7.11 Å². The summed E-state index contributed by atoms with van der Waals surface area (Å²) in [7, 11) is 1.67. The van der Waals surface area contributed by atoms with Crippen molar-refractivity contribution < 1.29 is 4.74 Å². The molecule has 0 spiro atoms. The number of rotatable bonds is 3. The Morgan fingerprint density at radius 1 is 0.760 bits per heavy atom. The van der Waals surface area contributed by atoms with Crippen LogP contribution < -0.4 is 4.74 Å². The summed E-state index contributed by atoms with van der Waals surface area (Å²) >= 11 is 0. The standard InChI is InChI=1S/C21H17N3O/c1-14-8-7-12-18(22-14)21-23-17-11-5-3-9-15(17)20(24-21)16-10-4-6-13-19(16)25-2/h3-13H,1-2H3. The highest BCUT2D eigenvalue weighted by atomic mass is 16.5. The van der Waals surface area contributed by atoms with Crippen LogP contribution in [0, 0.1) is 6.92 Å². The number of para-hydroxylation sites is 2. The second kappa shape index (κ2) is 6.32. The Hall–Kier alpha value is -3.27. The van der Waals surface area contributed by atoms with Gasteiger partial charge in [0.2, 0.25) is 0 Å². The van der Waals surface area contributed by atoms with Crippen molar-refractivity contribution in [3.05, 3.63) is 72.4 Å². The van der Waals surface area contributed by atoms with Crippen LogP contribution in [0.15, 0.2) is 66.7 Å². The largest absolute Gasteiger partial charge is 0.496 e. The van der Waals surface area contributed by atoms with E-state index in [-0.39, 0.29) is 0 Å². The first kappa shape index (κ1) is 15.3. The van der Waals surface area contributed by atoms with Gasteiger partial charge in [-0.25, -0.2) is 15.0 Å². The minimum atomic E-state index is 0.614. The van der Waals surface area contributed by atoms with Gasteiger partial charge in [0.05, 0.1) is 18.3 Å². The van der Waals surface area contributed by atoms with Crippen LogP contribution in [-0.2, 0) is 0 Å². The van der Waals surface area contributed by atoms with Gasteiger partial charge in [-0.1, -0.05) is 36.4 Å². The highest BCUT2D eigenvalue weighted by Crippen LogP contribution is 2.34. The third kappa shape index (κ3) is 2.83. The predicted molar refractivity (Wildman–Crippen MR) is 99.5 cm³/mol. The van der Waals surface area contributed by atoms with Crippen LogP contribution in [0.1, 0.15) is 5.69 Å². The molecule has 0 N–H and O–H groups in total. The Kier molecular flexibility index (Phi) is 3.86. The van der Waals surface area contributed by atoms with Crippen LogP contribution in [0.5, 0.6) is 5.75 Å². The fourth-order valence-corrected chi connectivity index (χ4v) is 2.90. The molecule has 0 amide bonds. The summed E-state index contributed by atoms with van der Waals surface area (Å²) in [5.74, 6) is 1.40. The molecule has 0 bridgehead atoms. The smallest absolute Gasteiger partial charge is 0.179 e. The molecule has 0 aliphatic rings. The molecular weight excluding hydrogens is 310 g/mol. The van der Waals surface area contributed by atoms with Gasteiger partial charge in [-0.2, -0.15) is 0 Å². The molecule has 122 valence electrons. The van der Waals surface area contributed by atoms with Gasteiger partial charge in [-0.15, -0.1) is 0 Å². The number of hydrogen-bond donors (Lipinski definition) is 0. The average Bonchev–Trinajstić information content (AvgIpc) is 2.67. The fraction of sp³-hybridized carbons (Fsp3) is 0.0952. The van der Waals surface area contributed by atoms with E-state index in [2.05, 4.69) is 4.98 Å². The summed E-state index contributed by atoms with van der Waals surface area (Å²) in [5, 5.41) is 0.989. The minimum absolute atomic E-state index is 0.614. The van der Waals surface area contributed by atoms with Crippen molar-refractivity contribution in [3.63, 3.8) is 0 Å². The average molecular weight is 327 g/mol. The number of benzene rings is 2. The minimum Gasteiger partial charge on any atom is -0.496 e. The molecule has 4 aromatic rings. The molecule has 0 aliphatic heterocycles. The van der Waals surface area contributed by atoms with Gasteiger partial charge in [0.1, 0.15) is 11.4 Å². The number of hydrogen-bond acceptors (Lipinski definition) is 4. The molecule has 0 unspecified atom stereocenters. The van der Waals surface area contributed by atoms with Crippen LogP contribution in [0.4, 0.5) is 0 Å². The van der Waals surface area contributed by atoms with E-state index in [0.29, 0.717) is 5.82 Å². The van der Waals surface area contributed by atoms with Gasteiger partial charge in [0.15, 0.2) is 5.82 Å². The first-order valence-electron chi connectivity index (χ1n) is 8.10. The molecule has 0 aliphatic carbocycles. The predicted octanol–water partition coefficient (Wildman–Crippen LogP) is 4.68. The number of ether oxygens (including phenoxy) is 1. The van der Waals surface area contributed by atoms with E-state index in [0.717, 1.165) is 39.3 Å². The lowest BCUT2D eigenvalue weighted by molar-refractivity contribution is 0.416. The SMILES string of the molecule is COc1ccccc1-c1nc(-c2cccc(C)n2)nc2ccccc12. The van der Waals surface area contributed by atoms with Crippen LogP contribution in [0.25, 0.3) is 33.7 Å². The third-order valence-corrected chi connectivity index (χ3v) is 4.08. The summed E-state index contributed by atoms with van der Waals surface area (Å²) in [5.41, 5.74) is 4.38. The van der Waals surface area contributed by atoms with Crippen LogP contribution >= 0.6 is 0 Å². The lowest BCUT2D eigenvalue weighted by Gasteiger charge is -2.12. The number of nitrogens with zero attached hydrogens (tertiary/aromatic N) is 3. The molecule has 0 saturated carbocycles. The number of pyridine rings is 1. The van der Waals surface area contributed by atoms with Crippen LogP contribution in [0.3, 0.4) is 0 Å². The maximum absolute atomic E-state index is 5.54. The van der Waals surface area contributed by atoms with Crippen LogP contribution in [-0.4, -0.2) is 22.1 Å². The fourth-order valence-electron chi connectivity index (χ4n) is 2.90. The molecule has 4 nitrogen and oxygen atoms in total. The normalized spacial score (nSPS) is 10.8. The van der Waals surface area contributed by atoms with Crippen molar-refractivity contribution in [1.82, 2.24) is 15.0 Å². The van der Waals surface area contributed by atoms with Crippen molar-refractivity contribution in [2.45, 2.75) is 6.92 Å². The monoisotopic (exact) mass is 327 g/mol. The maximum Gasteiger partial charge on any atom is 0.179 e. The summed E-state index contributed by atoms with van der Waals surface area (Å²) in [6, 6.07) is 21.8. The molecule has 25 heavy (non-hydrogen) atoms. The van der Waals surface area contributed by atoms with Crippen molar-refractivity contribution >= 4 is 10.9 Å². The quantitative estimate of drug-likeness (QED) is 0.548. The van der Waals surface area contributed by atoms with E-state index >= 15 is 0 Å². The summed E-state index contributed by atoms with van der Waals surface area (Å²) in [4.78, 5) is 14.1. The van der Waals surface area contributed by atoms with E-state index in [1.807, 2.05) is 73.7 Å². The summed E-state index contributed by atoms with van der Waals surface area (Å²) < 4.78 is 5.54. The van der Waals surface area contributed by atoms with Crippen molar-refractivity contribution in [3.8, 4) is 28.5 Å². The Morgan fingerprint density at radius 2 is 1.56 bits per heavy atom. The molecule has 0 atom stereocenters. The van der Waals surface area contributed by atoms with Crippen LogP contribution in [0.2, 0.25) is 0 Å². The molecule has 2 aromatic heterocycles. The molecular formula is C21H17N3O. The number of aryl methyl sites for hydroxylation is 1.